The van der Waals surface area contributed by atoms with Crippen LogP contribution in [0.2, 0.25) is 0 Å². The second-order valence-electron chi connectivity index (χ2n) is 5.89. The first-order valence-corrected chi connectivity index (χ1v) is 6.67. The van der Waals surface area contributed by atoms with E-state index < -0.39 is 0 Å². The lowest BCUT2D eigenvalue weighted by molar-refractivity contribution is -0.0299. The van der Waals surface area contributed by atoms with Gasteiger partial charge >= 0.3 is 0 Å². The van der Waals surface area contributed by atoms with Crippen molar-refractivity contribution < 1.29 is 4.74 Å². The lowest BCUT2D eigenvalue weighted by Crippen LogP contribution is -2.41. The summed E-state index contributed by atoms with van der Waals surface area (Å²) in [6.07, 6.45) is 5.60. The minimum absolute atomic E-state index is 0.114. The van der Waals surface area contributed by atoms with Gasteiger partial charge in [-0.15, -0.1) is 0 Å². The Labute approximate surface area is 99.5 Å². The molecule has 2 rings (SSSR count). The average Bonchev–Trinajstić information content (AvgIpc) is 2.76. The Morgan fingerprint density at radius 3 is 2.81 bits per heavy atom. The molecule has 2 unspecified atom stereocenters. The Hall–Kier alpha value is -0.120. The number of likely N-dealkylation sites (N-methyl/N-ethyl adjacent to an activating group) is 1. The first kappa shape index (κ1) is 12.3. The van der Waals surface area contributed by atoms with E-state index in [1.165, 1.54) is 32.2 Å². The molecule has 2 atom stereocenters. The summed E-state index contributed by atoms with van der Waals surface area (Å²) in [4.78, 5) is 2.61. The third kappa shape index (κ3) is 2.96. The van der Waals surface area contributed by atoms with E-state index in [1.807, 2.05) is 7.05 Å². The van der Waals surface area contributed by atoms with Crippen molar-refractivity contribution in [2.45, 2.75) is 57.3 Å². The van der Waals surface area contributed by atoms with Crippen LogP contribution in [-0.4, -0.2) is 49.3 Å². The smallest absolute Gasteiger partial charge is 0.0710 e. The number of nitrogens with zero attached hydrogens (tertiary/aromatic N) is 1. The molecule has 0 aliphatic carbocycles. The van der Waals surface area contributed by atoms with Crippen molar-refractivity contribution in [3.8, 4) is 0 Å². The van der Waals surface area contributed by atoms with Gasteiger partial charge in [-0.3, -0.25) is 4.90 Å². The molecule has 2 aliphatic rings. The number of nitrogens with one attached hydrogen (secondary N) is 1. The summed E-state index contributed by atoms with van der Waals surface area (Å²) >= 11 is 0. The van der Waals surface area contributed by atoms with Crippen LogP contribution in [0.1, 0.15) is 39.5 Å². The molecule has 2 heterocycles. The highest BCUT2D eigenvalue weighted by atomic mass is 16.5. The zero-order valence-corrected chi connectivity index (χ0v) is 11.0. The van der Waals surface area contributed by atoms with Crippen LogP contribution in [0.5, 0.6) is 0 Å². The fraction of sp³-hybridized carbons (Fsp3) is 1.00. The third-order valence-corrected chi connectivity index (χ3v) is 3.93. The van der Waals surface area contributed by atoms with Gasteiger partial charge in [0.15, 0.2) is 0 Å². The zero-order chi connectivity index (χ0) is 11.6. The second-order valence-corrected chi connectivity index (χ2v) is 5.89. The van der Waals surface area contributed by atoms with Gasteiger partial charge in [0.2, 0.25) is 0 Å². The van der Waals surface area contributed by atoms with Crippen molar-refractivity contribution >= 4 is 0 Å². The molecule has 2 fully saturated rings. The Bertz CT molecular complexity index is 230. The fourth-order valence-electron chi connectivity index (χ4n) is 3.07. The molecule has 16 heavy (non-hydrogen) atoms. The number of likely N-dealkylation sites (tertiary alicyclic amines) is 1. The Morgan fingerprint density at radius 1 is 1.38 bits per heavy atom. The Morgan fingerprint density at radius 2 is 2.19 bits per heavy atom. The third-order valence-electron chi connectivity index (χ3n) is 3.93. The van der Waals surface area contributed by atoms with E-state index in [1.54, 1.807) is 0 Å². The van der Waals surface area contributed by atoms with Crippen LogP contribution in [-0.2, 0) is 4.74 Å². The lowest BCUT2D eigenvalue weighted by atomic mass is 10.1. The highest BCUT2D eigenvalue weighted by Crippen LogP contribution is 2.31. The highest BCUT2D eigenvalue weighted by Gasteiger charge is 2.34. The second kappa shape index (κ2) is 5.03. The average molecular weight is 226 g/mol. The Balaban J connectivity index is 1.81. The van der Waals surface area contributed by atoms with E-state index in [-0.39, 0.29) is 5.60 Å². The normalized spacial score (nSPS) is 34.7. The van der Waals surface area contributed by atoms with E-state index in [0.717, 1.165) is 19.1 Å². The van der Waals surface area contributed by atoms with Crippen LogP contribution in [0.4, 0.5) is 0 Å². The van der Waals surface area contributed by atoms with Gasteiger partial charge in [0.05, 0.1) is 11.7 Å². The number of hydrogen-bond acceptors (Lipinski definition) is 3. The summed E-state index contributed by atoms with van der Waals surface area (Å²) in [6, 6.07) is 0.734. The Kier molecular flexibility index (Phi) is 3.88. The molecule has 0 aromatic heterocycles. The maximum atomic E-state index is 6.08. The minimum atomic E-state index is 0.114. The van der Waals surface area contributed by atoms with Crippen molar-refractivity contribution in [3.63, 3.8) is 0 Å². The molecule has 0 amide bonds. The first-order valence-electron chi connectivity index (χ1n) is 6.67. The van der Waals surface area contributed by atoms with Crippen LogP contribution in [0.15, 0.2) is 0 Å². The summed E-state index contributed by atoms with van der Waals surface area (Å²) in [5.74, 6) is 0. The molecule has 3 heteroatoms. The molecule has 3 nitrogen and oxygen atoms in total. The molecule has 0 aromatic carbocycles. The van der Waals surface area contributed by atoms with E-state index in [2.05, 4.69) is 24.1 Å². The van der Waals surface area contributed by atoms with Crippen molar-refractivity contribution in [3.05, 3.63) is 0 Å². The molecule has 94 valence electrons. The van der Waals surface area contributed by atoms with E-state index in [4.69, 9.17) is 4.74 Å². The van der Waals surface area contributed by atoms with Gasteiger partial charge in [0.25, 0.3) is 0 Å². The maximum absolute atomic E-state index is 6.08. The lowest BCUT2D eigenvalue weighted by Gasteiger charge is -2.28. The number of hydrogen-bond donors (Lipinski definition) is 1. The molecule has 0 saturated carbocycles. The van der Waals surface area contributed by atoms with Crippen LogP contribution >= 0.6 is 0 Å². The zero-order valence-electron chi connectivity index (χ0n) is 11.0. The van der Waals surface area contributed by atoms with E-state index in [9.17, 15) is 0 Å². The van der Waals surface area contributed by atoms with Gasteiger partial charge in [0, 0.05) is 19.1 Å². The molecule has 0 spiro atoms. The van der Waals surface area contributed by atoms with Crippen molar-refractivity contribution in [2.75, 3.05) is 26.7 Å². The molecular weight excluding hydrogens is 200 g/mol. The van der Waals surface area contributed by atoms with E-state index in [0.29, 0.717) is 6.10 Å². The minimum Gasteiger partial charge on any atom is -0.371 e. The largest absolute Gasteiger partial charge is 0.371 e. The quantitative estimate of drug-likeness (QED) is 0.788. The summed E-state index contributed by atoms with van der Waals surface area (Å²) in [5.41, 5.74) is 0.114. The molecule has 0 aromatic rings. The summed E-state index contributed by atoms with van der Waals surface area (Å²) in [5, 5.41) is 3.30. The fourth-order valence-corrected chi connectivity index (χ4v) is 3.07. The first-order chi connectivity index (χ1) is 7.61. The summed E-state index contributed by atoms with van der Waals surface area (Å²) in [6.45, 7) is 7.93. The van der Waals surface area contributed by atoms with Crippen molar-refractivity contribution in [1.29, 1.82) is 0 Å². The van der Waals surface area contributed by atoms with Crippen molar-refractivity contribution in [1.82, 2.24) is 10.2 Å². The van der Waals surface area contributed by atoms with Crippen LogP contribution in [0.25, 0.3) is 0 Å². The monoisotopic (exact) mass is 226 g/mol. The van der Waals surface area contributed by atoms with Gasteiger partial charge < -0.3 is 10.1 Å². The highest BCUT2D eigenvalue weighted by molar-refractivity contribution is 4.87. The molecule has 1 N–H and O–H groups in total. The molecule has 0 bridgehead atoms. The van der Waals surface area contributed by atoms with Crippen molar-refractivity contribution in [2.24, 2.45) is 0 Å². The van der Waals surface area contributed by atoms with E-state index >= 15 is 0 Å². The van der Waals surface area contributed by atoms with Gasteiger partial charge in [0.1, 0.15) is 0 Å². The molecule has 2 aliphatic heterocycles. The topological polar surface area (TPSA) is 24.5 Å². The maximum Gasteiger partial charge on any atom is 0.0710 e. The van der Waals surface area contributed by atoms with Gasteiger partial charge in [-0.1, -0.05) is 0 Å². The van der Waals surface area contributed by atoms with Crippen LogP contribution in [0.3, 0.4) is 0 Å². The summed E-state index contributed by atoms with van der Waals surface area (Å²) < 4.78 is 6.08. The van der Waals surface area contributed by atoms with Crippen LogP contribution < -0.4 is 5.32 Å². The van der Waals surface area contributed by atoms with Crippen LogP contribution in [0, 0.1) is 0 Å². The van der Waals surface area contributed by atoms with Gasteiger partial charge in [-0.05, 0) is 53.1 Å². The summed E-state index contributed by atoms with van der Waals surface area (Å²) in [7, 11) is 2.05. The molecule has 0 radical (unpaired) electrons. The van der Waals surface area contributed by atoms with Gasteiger partial charge in [-0.2, -0.15) is 0 Å². The van der Waals surface area contributed by atoms with Gasteiger partial charge in [-0.25, -0.2) is 0 Å². The molecule has 2 saturated heterocycles. The number of ether oxygens (including phenoxy) is 1. The number of rotatable bonds is 4. The predicted octanol–water partition coefficient (Wildman–Crippen LogP) is 1.63. The predicted molar refractivity (Wildman–Crippen MR) is 66.7 cm³/mol. The SMILES string of the molecule is CNCC1CCCN1CC1CCC(C)(C)O1. The molecular formula is C13H26N2O. The standard InChI is InChI=1S/C13H26N2O/c1-13(2)7-6-12(16-13)10-15-8-4-5-11(15)9-14-3/h11-12,14H,4-10H2,1-3H3.